The second kappa shape index (κ2) is 9.03. The van der Waals surface area contributed by atoms with E-state index in [2.05, 4.69) is 29.8 Å². The van der Waals surface area contributed by atoms with Crippen molar-refractivity contribution < 1.29 is 33.1 Å². The maximum absolute atomic E-state index is 12.3. The largest absolute Gasteiger partial charge is 1.00 e. The van der Waals surface area contributed by atoms with Crippen molar-refractivity contribution in [3.63, 3.8) is 0 Å². The van der Waals surface area contributed by atoms with Crippen molar-refractivity contribution >= 4 is 30.0 Å². The van der Waals surface area contributed by atoms with Crippen molar-refractivity contribution in [3.8, 4) is 11.5 Å². The molecule has 1 atom stereocenters. The quantitative estimate of drug-likeness (QED) is 0.580. The summed E-state index contributed by atoms with van der Waals surface area (Å²) in [5, 5.41) is 0. The van der Waals surface area contributed by atoms with Gasteiger partial charge in [-0.1, -0.05) is 20.3 Å². The van der Waals surface area contributed by atoms with E-state index < -0.39 is 0 Å². The minimum absolute atomic E-state index is 0. The molecule has 1 rings (SSSR count). The second-order valence-corrected chi connectivity index (χ2v) is 6.25. The smallest absolute Gasteiger partial charge is 0.496 e. The summed E-state index contributed by atoms with van der Waals surface area (Å²) in [6.07, 6.45) is 0.964. The van der Waals surface area contributed by atoms with E-state index in [1.54, 1.807) is 20.3 Å². The fraction of sp³-hybridized carbons (Fsp3) is 0.462. The minimum Gasteiger partial charge on any atom is -0.496 e. The summed E-state index contributed by atoms with van der Waals surface area (Å²) >= 11 is 3.39. The summed E-state index contributed by atoms with van der Waals surface area (Å²) in [6.45, 7) is 4.12. The van der Waals surface area contributed by atoms with Gasteiger partial charge in [-0.3, -0.25) is 0 Å². The molecule has 3 nitrogen and oxygen atoms in total. The third kappa shape index (κ3) is 4.79. The van der Waals surface area contributed by atoms with E-state index in [-0.39, 0.29) is 24.4 Å². The van der Waals surface area contributed by atoms with E-state index in [1.807, 2.05) is 6.07 Å². The number of ether oxygens (including phenoxy) is 2. The number of benzene rings is 1. The molecule has 0 aromatic heterocycles. The van der Waals surface area contributed by atoms with Crippen LogP contribution < -0.4 is 28.3 Å². The normalized spacial score (nSPS) is 12.1. The molecule has 0 spiro atoms. The number of rotatable bonds is 6. The molecule has 0 aliphatic carbocycles. The predicted molar refractivity (Wildman–Crippen MR) is 78.2 cm³/mol. The van der Waals surface area contributed by atoms with Gasteiger partial charge in [-0.15, -0.1) is 0 Å². The summed E-state index contributed by atoms with van der Waals surface area (Å²) in [6, 6.07) is 3.58. The maximum atomic E-state index is 12.3. The molecular formula is C13H17BrLiO3P. The number of carbonyl (C=O) groups excluding carboxylic acids is 1. The van der Waals surface area contributed by atoms with E-state index in [0.717, 1.165) is 19.5 Å². The molecule has 0 aliphatic heterocycles. The molecule has 19 heavy (non-hydrogen) atoms. The topological polar surface area (TPSA) is 35.5 Å². The molecule has 0 bridgehead atoms. The Morgan fingerprint density at radius 2 is 2.00 bits per heavy atom. The SMILES string of the molecule is CCC(C)[P-]C(=O)c1c(OC)ccc(Br)c1OC.[Li+]. The zero-order valence-electron chi connectivity index (χ0n) is 12.0. The number of carbonyl (C=O) groups is 1. The third-order valence-electron chi connectivity index (χ3n) is 2.64. The van der Waals surface area contributed by atoms with Crippen LogP contribution in [0, 0.1) is 0 Å². The first-order valence-corrected chi connectivity index (χ1v) is 7.46. The van der Waals surface area contributed by atoms with E-state index in [1.165, 1.54) is 0 Å². The van der Waals surface area contributed by atoms with Crippen molar-refractivity contribution in [1.29, 1.82) is 0 Å². The molecule has 0 fully saturated rings. The zero-order valence-corrected chi connectivity index (χ0v) is 14.5. The van der Waals surface area contributed by atoms with Crippen LogP contribution in [0.5, 0.6) is 11.5 Å². The average Bonchev–Trinajstić information content (AvgIpc) is 2.37. The van der Waals surface area contributed by atoms with Crippen LogP contribution in [0.15, 0.2) is 16.6 Å². The van der Waals surface area contributed by atoms with Crippen LogP contribution in [0.3, 0.4) is 0 Å². The Morgan fingerprint density at radius 1 is 1.37 bits per heavy atom. The van der Waals surface area contributed by atoms with Crippen LogP contribution in [0.25, 0.3) is 0 Å². The summed E-state index contributed by atoms with van der Waals surface area (Å²) in [7, 11) is 3.87. The monoisotopic (exact) mass is 338 g/mol. The Morgan fingerprint density at radius 3 is 2.47 bits per heavy atom. The van der Waals surface area contributed by atoms with Crippen LogP contribution >= 0.6 is 24.5 Å². The molecule has 0 saturated heterocycles. The Labute approximate surface area is 136 Å². The standard InChI is InChI=1S/C13H17BrO3P.Li/c1-5-8(2)18-13(15)11-10(16-3)7-6-9(14)12(11)17-4;/h6-8H,5H2,1-4H3;/q-1;+1. The van der Waals surface area contributed by atoms with Crippen LogP contribution in [0.2, 0.25) is 0 Å². The second-order valence-electron chi connectivity index (χ2n) is 3.85. The first-order chi connectivity index (χ1) is 8.54. The molecule has 100 valence electrons. The van der Waals surface area contributed by atoms with Gasteiger partial charge in [0.1, 0.15) is 11.5 Å². The number of hydrogen-bond donors (Lipinski definition) is 0. The van der Waals surface area contributed by atoms with Crippen LogP contribution in [-0.2, 0) is 0 Å². The molecule has 0 aliphatic rings. The summed E-state index contributed by atoms with van der Waals surface area (Å²) in [5.41, 5.74) is 0.863. The number of halogens is 1. The molecule has 1 aromatic rings. The summed E-state index contributed by atoms with van der Waals surface area (Å²) < 4.78 is 11.3. The first-order valence-electron chi connectivity index (χ1n) is 5.70. The molecule has 0 radical (unpaired) electrons. The van der Waals surface area contributed by atoms with Gasteiger partial charge in [0, 0.05) is 5.52 Å². The summed E-state index contributed by atoms with van der Waals surface area (Å²) in [4.78, 5) is 12.3. The maximum Gasteiger partial charge on any atom is 1.00 e. The molecule has 0 heterocycles. The van der Waals surface area contributed by atoms with Crippen molar-refractivity contribution in [2.24, 2.45) is 0 Å². The van der Waals surface area contributed by atoms with Crippen molar-refractivity contribution in [2.75, 3.05) is 14.2 Å². The Balaban J connectivity index is 0.00000324. The van der Waals surface area contributed by atoms with Crippen LogP contribution in [0.4, 0.5) is 0 Å². The fourth-order valence-corrected chi connectivity index (χ4v) is 2.88. The molecular weight excluding hydrogens is 322 g/mol. The van der Waals surface area contributed by atoms with Crippen molar-refractivity contribution in [2.45, 2.75) is 25.9 Å². The van der Waals surface area contributed by atoms with Gasteiger partial charge in [0.15, 0.2) is 0 Å². The number of methoxy groups -OCH3 is 2. The van der Waals surface area contributed by atoms with Gasteiger partial charge in [-0.25, -0.2) is 0 Å². The van der Waals surface area contributed by atoms with E-state index in [9.17, 15) is 4.79 Å². The van der Waals surface area contributed by atoms with Gasteiger partial charge in [0.05, 0.1) is 24.3 Å². The van der Waals surface area contributed by atoms with Gasteiger partial charge in [0.2, 0.25) is 0 Å². The van der Waals surface area contributed by atoms with E-state index >= 15 is 0 Å². The van der Waals surface area contributed by atoms with Gasteiger partial charge < -0.3 is 22.8 Å². The summed E-state index contributed by atoms with van der Waals surface area (Å²) in [5.74, 6) is 1.09. The van der Waals surface area contributed by atoms with Gasteiger partial charge >= 0.3 is 18.9 Å². The first kappa shape index (κ1) is 19.0. The average molecular weight is 339 g/mol. The number of hydrogen-bond acceptors (Lipinski definition) is 3. The molecule has 0 amide bonds. The fourth-order valence-electron chi connectivity index (χ4n) is 1.47. The Bertz CT molecular complexity index is 440. The van der Waals surface area contributed by atoms with E-state index in [0.29, 0.717) is 22.7 Å². The van der Waals surface area contributed by atoms with Crippen LogP contribution in [0.1, 0.15) is 30.6 Å². The van der Waals surface area contributed by atoms with Gasteiger partial charge in [-0.05, 0) is 28.1 Å². The molecule has 0 N–H and O–H groups in total. The van der Waals surface area contributed by atoms with Crippen LogP contribution in [-0.4, -0.2) is 25.4 Å². The molecule has 1 unspecified atom stereocenters. The predicted octanol–water partition coefficient (Wildman–Crippen LogP) is 1.36. The van der Waals surface area contributed by atoms with Crippen molar-refractivity contribution in [3.05, 3.63) is 22.2 Å². The molecule has 0 saturated carbocycles. The van der Waals surface area contributed by atoms with E-state index in [4.69, 9.17) is 9.47 Å². The Kier molecular flexibility index (Phi) is 9.03. The zero-order chi connectivity index (χ0) is 13.7. The van der Waals surface area contributed by atoms with Gasteiger partial charge in [-0.2, -0.15) is 5.66 Å². The molecule has 6 heteroatoms. The molecule has 1 aromatic carbocycles. The minimum atomic E-state index is 0. The van der Waals surface area contributed by atoms with Crippen molar-refractivity contribution in [1.82, 2.24) is 0 Å². The third-order valence-corrected chi connectivity index (χ3v) is 4.53. The van der Waals surface area contributed by atoms with Gasteiger partial charge in [0.25, 0.3) is 0 Å². The Hall–Kier alpha value is -0.00260.